The lowest BCUT2D eigenvalue weighted by Crippen LogP contribution is -2.29. The van der Waals surface area contributed by atoms with Gasteiger partial charge in [0.2, 0.25) is 11.8 Å². The quantitative estimate of drug-likeness (QED) is 0.646. The summed E-state index contributed by atoms with van der Waals surface area (Å²) in [5, 5.41) is 4.93. The number of hydrogen-bond acceptors (Lipinski definition) is 6. The summed E-state index contributed by atoms with van der Waals surface area (Å²) in [4.78, 5) is 43.0. The molecule has 0 spiro atoms. The van der Waals surface area contributed by atoms with E-state index in [-0.39, 0.29) is 30.6 Å². The van der Waals surface area contributed by atoms with Crippen LogP contribution >= 0.6 is 11.3 Å². The van der Waals surface area contributed by atoms with Crippen LogP contribution in [0.25, 0.3) is 0 Å². The summed E-state index contributed by atoms with van der Waals surface area (Å²) in [5.74, 6) is -0.746. The van der Waals surface area contributed by atoms with Crippen molar-refractivity contribution in [2.75, 3.05) is 23.4 Å². The number of nitrogens with zero attached hydrogens (tertiary/aromatic N) is 2. The Labute approximate surface area is 180 Å². The fourth-order valence-corrected chi connectivity index (χ4v) is 4.21. The van der Waals surface area contributed by atoms with Gasteiger partial charge in [-0.1, -0.05) is 32.0 Å². The van der Waals surface area contributed by atoms with E-state index in [2.05, 4.69) is 24.1 Å². The summed E-state index contributed by atoms with van der Waals surface area (Å²) in [7, 11) is 0. The standard InChI is InChI=1S/C22H27N3O4S/c1-4-14(3)17-8-6-7-9-18(17)25-12-15(10-19(25)26)21(28)24-22-23-16(13-30-22)11-20(27)29-5-2/h6-9,13-15H,4-5,10-12H2,1-3H3,(H,23,24,28)/t14-,15+/m1/s1. The van der Waals surface area contributed by atoms with E-state index in [0.29, 0.717) is 29.9 Å². The highest BCUT2D eigenvalue weighted by Gasteiger charge is 2.36. The zero-order chi connectivity index (χ0) is 21.7. The molecular formula is C22H27N3O4S. The minimum atomic E-state index is -0.445. The van der Waals surface area contributed by atoms with Crippen molar-refractivity contribution in [3.05, 3.63) is 40.9 Å². The zero-order valence-electron chi connectivity index (χ0n) is 17.5. The maximum atomic E-state index is 12.7. The maximum Gasteiger partial charge on any atom is 0.311 e. The Bertz CT molecular complexity index is 927. The Hall–Kier alpha value is -2.74. The van der Waals surface area contributed by atoms with E-state index in [1.165, 1.54) is 11.3 Å². The number of rotatable bonds is 8. The summed E-state index contributed by atoms with van der Waals surface area (Å²) >= 11 is 1.25. The fraction of sp³-hybridized carbons (Fsp3) is 0.455. The average molecular weight is 430 g/mol. The molecule has 1 N–H and O–H groups in total. The van der Waals surface area contributed by atoms with Crippen molar-refractivity contribution in [3.63, 3.8) is 0 Å². The first-order valence-corrected chi connectivity index (χ1v) is 11.1. The van der Waals surface area contributed by atoms with Gasteiger partial charge in [-0.25, -0.2) is 4.98 Å². The molecule has 7 nitrogen and oxygen atoms in total. The van der Waals surface area contributed by atoms with Crippen molar-refractivity contribution in [1.82, 2.24) is 4.98 Å². The summed E-state index contributed by atoms with van der Waals surface area (Å²) in [6.45, 7) is 6.67. The molecule has 1 aromatic carbocycles. The van der Waals surface area contributed by atoms with Crippen molar-refractivity contribution in [1.29, 1.82) is 0 Å². The molecule has 0 radical (unpaired) electrons. The van der Waals surface area contributed by atoms with Gasteiger partial charge >= 0.3 is 5.97 Å². The molecule has 2 aromatic rings. The van der Waals surface area contributed by atoms with Crippen LogP contribution in [-0.4, -0.2) is 35.9 Å². The molecule has 0 aliphatic carbocycles. The van der Waals surface area contributed by atoms with E-state index in [4.69, 9.17) is 4.74 Å². The van der Waals surface area contributed by atoms with Gasteiger partial charge < -0.3 is 15.0 Å². The van der Waals surface area contributed by atoms with E-state index in [1.54, 1.807) is 17.2 Å². The molecular weight excluding hydrogens is 402 g/mol. The number of aromatic nitrogens is 1. The number of esters is 1. The number of carbonyl (C=O) groups excluding carboxylic acids is 3. The molecule has 30 heavy (non-hydrogen) atoms. The average Bonchev–Trinajstić information content (AvgIpc) is 3.33. The molecule has 0 unspecified atom stereocenters. The lowest BCUT2D eigenvalue weighted by molar-refractivity contribution is -0.142. The number of amides is 2. The van der Waals surface area contributed by atoms with Gasteiger partial charge in [-0.05, 0) is 30.9 Å². The lowest BCUT2D eigenvalue weighted by Gasteiger charge is -2.23. The highest BCUT2D eigenvalue weighted by atomic mass is 32.1. The highest BCUT2D eigenvalue weighted by Crippen LogP contribution is 2.33. The van der Waals surface area contributed by atoms with Crippen molar-refractivity contribution in [2.45, 2.75) is 46.0 Å². The molecule has 1 saturated heterocycles. The van der Waals surface area contributed by atoms with Crippen LogP contribution in [-0.2, 0) is 25.5 Å². The Morgan fingerprint density at radius 3 is 2.83 bits per heavy atom. The minimum absolute atomic E-state index is 0.0481. The second-order valence-corrected chi connectivity index (χ2v) is 8.25. The van der Waals surface area contributed by atoms with Crippen molar-refractivity contribution >= 4 is 39.9 Å². The summed E-state index contributed by atoms with van der Waals surface area (Å²) in [5.41, 5.74) is 2.57. The van der Waals surface area contributed by atoms with Gasteiger partial charge in [0.1, 0.15) is 0 Å². The number of thiazole rings is 1. The molecule has 0 bridgehead atoms. The Morgan fingerprint density at radius 1 is 1.33 bits per heavy atom. The van der Waals surface area contributed by atoms with Crippen molar-refractivity contribution in [3.8, 4) is 0 Å². The number of carbonyl (C=O) groups is 3. The number of benzene rings is 1. The van der Waals surface area contributed by atoms with Gasteiger partial charge in [-0.3, -0.25) is 14.4 Å². The van der Waals surface area contributed by atoms with E-state index in [0.717, 1.165) is 17.7 Å². The van der Waals surface area contributed by atoms with Gasteiger partial charge in [0.25, 0.3) is 0 Å². The molecule has 1 aliphatic rings. The van der Waals surface area contributed by atoms with Gasteiger partial charge in [-0.15, -0.1) is 11.3 Å². The van der Waals surface area contributed by atoms with Crippen LogP contribution in [0.1, 0.15) is 50.8 Å². The first kappa shape index (κ1) is 22.0. The molecule has 1 fully saturated rings. The minimum Gasteiger partial charge on any atom is -0.466 e. The first-order valence-electron chi connectivity index (χ1n) is 10.2. The molecule has 0 saturated carbocycles. The Morgan fingerprint density at radius 2 is 2.10 bits per heavy atom. The maximum absolute atomic E-state index is 12.7. The number of anilines is 2. The lowest BCUT2D eigenvalue weighted by atomic mass is 9.96. The van der Waals surface area contributed by atoms with Gasteiger partial charge in [0, 0.05) is 24.0 Å². The van der Waals surface area contributed by atoms with E-state index < -0.39 is 5.92 Å². The molecule has 8 heteroatoms. The van der Waals surface area contributed by atoms with Gasteiger partial charge in [0.15, 0.2) is 5.13 Å². The van der Waals surface area contributed by atoms with Crippen molar-refractivity contribution < 1.29 is 19.1 Å². The molecule has 2 atom stereocenters. The molecule has 160 valence electrons. The smallest absolute Gasteiger partial charge is 0.311 e. The highest BCUT2D eigenvalue weighted by molar-refractivity contribution is 7.13. The second kappa shape index (κ2) is 9.84. The van der Waals surface area contributed by atoms with Gasteiger partial charge in [0.05, 0.1) is 24.6 Å². The largest absolute Gasteiger partial charge is 0.466 e. The van der Waals surface area contributed by atoms with E-state index in [1.807, 2.05) is 24.3 Å². The third-order valence-corrected chi connectivity index (χ3v) is 6.09. The molecule has 3 rings (SSSR count). The fourth-order valence-electron chi connectivity index (χ4n) is 3.50. The summed E-state index contributed by atoms with van der Waals surface area (Å²) < 4.78 is 4.91. The summed E-state index contributed by atoms with van der Waals surface area (Å²) in [6, 6.07) is 7.89. The number of nitrogens with one attached hydrogen (secondary N) is 1. The van der Waals surface area contributed by atoms with Crippen LogP contribution in [0.3, 0.4) is 0 Å². The predicted octanol–water partition coefficient (Wildman–Crippen LogP) is 3.75. The van der Waals surface area contributed by atoms with Crippen LogP contribution in [0, 0.1) is 5.92 Å². The Balaban J connectivity index is 1.65. The molecule has 1 aromatic heterocycles. The number of hydrogen-bond donors (Lipinski definition) is 1. The SMILES string of the molecule is CCOC(=O)Cc1csc(NC(=O)[C@H]2CC(=O)N(c3ccccc3[C@H](C)CC)C2)n1. The van der Waals surface area contributed by atoms with Crippen LogP contribution < -0.4 is 10.2 Å². The van der Waals surface area contributed by atoms with Crippen LogP contribution in [0.4, 0.5) is 10.8 Å². The molecule has 1 aliphatic heterocycles. The Kier molecular flexibility index (Phi) is 7.20. The first-order chi connectivity index (χ1) is 14.4. The third-order valence-electron chi connectivity index (χ3n) is 5.28. The third kappa shape index (κ3) is 5.05. The second-order valence-electron chi connectivity index (χ2n) is 7.39. The van der Waals surface area contributed by atoms with Crippen LogP contribution in [0.5, 0.6) is 0 Å². The normalized spacial score (nSPS) is 17.1. The van der Waals surface area contributed by atoms with Gasteiger partial charge in [-0.2, -0.15) is 0 Å². The van der Waals surface area contributed by atoms with Crippen LogP contribution in [0.2, 0.25) is 0 Å². The number of ether oxygens (including phenoxy) is 1. The summed E-state index contributed by atoms with van der Waals surface area (Å²) in [6.07, 6.45) is 1.21. The van der Waals surface area contributed by atoms with Crippen LogP contribution in [0.15, 0.2) is 29.6 Å². The monoisotopic (exact) mass is 429 g/mol. The van der Waals surface area contributed by atoms with Crippen molar-refractivity contribution in [2.24, 2.45) is 5.92 Å². The van der Waals surface area contributed by atoms with E-state index in [9.17, 15) is 14.4 Å². The zero-order valence-corrected chi connectivity index (χ0v) is 18.3. The van der Waals surface area contributed by atoms with E-state index >= 15 is 0 Å². The molecule has 2 heterocycles. The predicted molar refractivity (Wildman–Crippen MR) is 117 cm³/mol. The number of para-hydroxylation sites is 1. The topological polar surface area (TPSA) is 88.6 Å². The molecule has 2 amide bonds.